The van der Waals surface area contributed by atoms with Crippen LogP contribution in [0, 0.1) is 17.8 Å². The molecule has 0 radical (unpaired) electrons. The molecule has 2 aromatic rings. The topological polar surface area (TPSA) is 27.7 Å². The summed E-state index contributed by atoms with van der Waals surface area (Å²) in [6.45, 7) is 7.00. The first-order chi connectivity index (χ1) is 13.5. The Bertz CT molecular complexity index is 673. The molecule has 3 nitrogen and oxygen atoms in total. The Labute approximate surface area is 170 Å². The molecule has 0 N–H and O–H groups in total. The van der Waals surface area contributed by atoms with Crippen LogP contribution in [0.15, 0.2) is 48.5 Å². The molecular weight excluding hydrogens is 348 g/mol. The fourth-order valence-electron chi connectivity index (χ4n) is 4.35. The maximum absolute atomic E-state index is 6.87. The highest BCUT2D eigenvalue weighted by molar-refractivity contribution is 5.36. The number of benzene rings is 2. The van der Waals surface area contributed by atoms with Crippen LogP contribution in [0.3, 0.4) is 0 Å². The van der Waals surface area contributed by atoms with Crippen molar-refractivity contribution in [1.82, 2.24) is 0 Å². The lowest BCUT2D eigenvalue weighted by Gasteiger charge is -2.39. The monoisotopic (exact) mass is 382 g/mol. The Morgan fingerprint density at radius 1 is 0.786 bits per heavy atom. The third-order valence-electron chi connectivity index (χ3n) is 6.11. The first-order valence-electron chi connectivity index (χ1n) is 10.4. The van der Waals surface area contributed by atoms with Gasteiger partial charge < -0.3 is 14.2 Å². The average Bonchev–Trinajstić information content (AvgIpc) is 2.72. The van der Waals surface area contributed by atoms with E-state index in [9.17, 15) is 0 Å². The second-order valence-corrected chi connectivity index (χ2v) is 8.43. The molecule has 3 rings (SSSR count). The number of hydrogen-bond donors (Lipinski definition) is 0. The van der Waals surface area contributed by atoms with Crippen molar-refractivity contribution in [2.75, 3.05) is 14.2 Å². The molecule has 3 atom stereocenters. The van der Waals surface area contributed by atoms with Gasteiger partial charge in [-0.3, -0.25) is 0 Å². The lowest BCUT2D eigenvalue weighted by Crippen LogP contribution is -2.35. The van der Waals surface area contributed by atoms with Crippen molar-refractivity contribution in [2.24, 2.45) is 17.8 Å². The molecule has 0 saturated heterocycles. The van der Waals surface area contributed by atoms with Crippen LogP contribution >= 0.6 is 0 Å². The molecular formula is C25H34O3. The first-order valence-corrected chi connectivity index (χ1v) is 10.4. The van der Waals surface area contributed by atoms with Gasteiger partial charge in [0, 0.05) is 0 Å². The smallest absolute Gasteiger partial charge is 0.118 e. The number of ether oxygens (including phenoxy) is 3. The quantitative estimate of drug-likeness (QED) is 0.565. The molecule has 0 heterocycles. The summed E-state index contributed by atoms with van der Waals surface area (Å²) in [5, 5.41) is 0. The van der Waals surface area contributed by atoms with Crippen LogP contribution in [0.25, 0.3) is 0 Å². The molecule has 0 aromatic heterocycles. The minimum absolute atomic E-state index is 0.0895. The van der Waals surface area contributed by atoms with Crippen LogP contribution in [0.2, 0.25) is 0 Å². The van der Waals surface area contributed by atoms with Gasteiger partial charge in [-0.25, -0.2) is 0 Å². The molecule has 0 aliphatic heterocycles. The fourth-order valence-corrected chi connectivity index (χ4v) is 4.35. The van der Waals surface area contributed by atoms with Gasteiger partial charge in [0.2, 0.25) is 0 Å². The second-order valence-electron chi connectivity index (χ2n) is 8.43. The normalized spacial score (nSPS) is 22.5. The van der Waals surface area contributed by atoms with Gasteiger partial charge in [-0.2, -0.15) is 0 Å². The zero-order valence-electron chi connectivity index (χ0n) is 17.9. The van der Waals surface area contributed by atoms with E-state index in [0.29, 0.717) is 17.8 Å². The predicted octanol–water partition coefficient (Wildman–Crippen LogP) is 6.27. The predicted molar refractivity (Wildman–Crippen MR) is 114 cm³/mol. The Balaban J connectivity index is 1.91. The second kappa shape index (κ2) is 9.47. The SMILES string of the molecule is COc1ccc(C(O[C@H]2C[C@H](C)CC[C@@H]2C(C)C)c2ccc(OC)cc2)cc1. The van der Waals surface area contributed by atoms with E-state index in [2.05, 4.69) is 45.0 Å². The van der Waals surface area contributed by atoms with Crippen molar-refractivity contribution >= 4 is 0 Å². The van der Waals surface area contributed by atoms with Crippen molar-refractivity contribution in [1.29, 1.82) is 0 Å². The summed E-state index contributed by atoms with van der Waals surface area (Å²) in [5.41, 5.74) is 2.32. The molecule has 1 fully saturated rings. The number of hydrogen-bond acceptors (Lipinski definition) is 3. The summed E-state index contributed by atoms with van der Waals surface area (Å²) in [4.78, 5) is 0. The number of rotatable bonds is 7. The van der Waals surface area contributed by atoms with Crippen molar-refractivity contribution < 1.29 is 14.2 Å². The van der Waals surface area contributed by atoms with E-state index in [-0.39, 0.29) is 12.2 Å². The zero-order chi connectivity index (χ0) is 20.1. The summed E-state index contributed by atoms with van der Waals surface area (Å²) in [6.07, 6.45) is 3.87. The van der Waals surface area contributed by atoms with Gasteiger partial charge in [-0.15, -0.1) is 0 Å². The number of methoxy groups -OCH3 is 2. The van der Waals surface area contributed by atoms with Crippen LogP contribution in [0.5, 0.6) is 11.5 Å². The summed E-state index contributed by atoms with van der Waals surface area (Å²) < 4.78 is 17.6. The Morgan fingerprint density at radius 2 is 1.29 bits per heavy atom. The van der Waals surface area contributed by atoms with E-state index in [0.717, 1.165) is 29.0 Å². The van der Waals surface area contributed by atoms with E-state index in [4.69, 9.17) is 14.2 Å². The van der Waals surface area contributed by atoms with Gasteiger partial charge >= 0.3 is 0 Å². The molecule has 0 spiro atoms. The fraction of sp³-hybridized carbons (Fsp3) is 0.520. The largest absolute Gasteiger partial charge is 0.497 e. The van der Waals surface area contributed by atoms with E-state index >= 15 is 0 Å². The van der Waals surface area contributed by atoms with Gasteiger partial charge in [0.15, 0.2) is 0 Å². The van der Waals surface area contributed by atoms with E-state index in [1.165, 1.54) is 12.8 Å². The highest BCUT2D eigenvalue weighted by atomic mass is 16.5. The lowest BCUT2D eigenvalue weighted by atomic mass is 9.75. The molecule has 0 unspecified atom stereocenters. The maximum atomic E-state index is 6.87. The summed E-state index contributed by atoms with van der Waals surface area (Å²) in [7, 11) is 3.40. The van der Waals surface area contributed by atoms with E-state index in [1.807, 2.05) is 24.3 Å². The van der Waals surface area contributed by atoms with Crippen LogP contribution in [-0.2, 0) is 4.74 Å². The van der Waals surface area contributed by atoms with Crippen molar-refractivity contribution in [3.05, 3.63) is 59.7 Å². The Morgan fingerprint density at radius 3 is 1.71 bits per heavy atom. The third-order valence-corrected chi connectivity index (χ3v) is 6.11. The molecule has 28 heavy (non-hydrogen) atoms. The molecule has 1 saturated carbocycles. The maximum Gasteiger partial charge on any atom is 0.118 e. The first kappa shape index (κ1) is 20.7. The molecule has 3 heteroatoms. The standard InChI is InChI=1S/C25H34O3/c1-17(2)23-15-6-18(3)16-24(23)28-25(19-7-11-21(26-4)12-8-19)20-9-13-22(27-5)14-10-20/h7-14,17-18,23-25H,6,15-16H2,1-5H3/t18-,23-,24+/m1/s1. The summed E-state index contributed by atoms with van der Waals surface area (Å²) in [6, 6.07) is 16.5. The molecule has 2 aromatic carbocycles. The highest BCUT2D eigenvalue weighted by Crippen LogP contribution is 2.39. The van der Waals surface area contributed by atoms with Crippen molar-refractivity contribution in [2.45, 2.75) is 52.2 Å². The van der Waals surface area contributed by atoms with Crippen LogP contribution in [0.1, 0.15) is 57.3 Å². The van der Waals surface area contributed by atoms with Gasteiger partial charge in [-0.05, 0) is 66.0 Å². The van der Waals surface area contributed by atoms with Gasteiger partial charge in [0.05, 0.1) is 20.3 Å². The molecule has 0 amide bonds. The minimum Gasteiger partial charge on any atom is -0.497 e. The van der Waals surface area contributed by atoms with Gasteiger partial charge in [0.25, 0.3) is 0 Å². The zero-order valence-corrected chi connectivity index (χ0v) is 17.9. The Kier molecular flexibility index (Phi) is 7.01. The lowest BCUT2D eigenvalue weighted by molar-refractivity contribution is -0.0678. The average molecular weight is 383 g/mol. The van der Waals surface area contributed by atoms with Gasteiger partial charge in [-0.1, -0.05) is 51.5 Å². The minimum atomic E-state index is -0.0895. The highest BCUT2D eigenvalue weighted by Gasteiger charge is 2.33. The van der Waals surface area contributed by atoms with E-state index in [1.54, 1.807) is 14.2 Å². The van der Waals surface area contributed by atoms with Crippen LogP contribution in [0.4, 0.5) is 0 Å². The van der Waals surface area contributed by atoms with Crippen LogP contribution < -0.4 is 9.47 Å². The molecule has 1 aliphatic carbocycles. The van der Waals surface area contributed by atoms with Crippen LogP contribution in [-0.4, -0.2) is 20.3 Å². The molecule has 152 valence electrons. The molecule has 0 bridgehead atoms. The third kappa shape index (κ3) is 4.88. The Hall–Kier alpha value is -2.00. The summed E-state index contributed by atoms with van der Waals surface area (Å²) >= 11 is 0. The van der Waals surface area contributed by atoms with Crippen molar-refractivity contribution in [3.8, 4) is 11.5 Å². The molecule has 1 aliphatic rings. The van der Waals surface area contributed by atoms with Gasteiger partial charge in [0.1, 0.15) is 17.6 Å². The van der Waals surface area contributed by atoms with E-state index < -0.39 is 0 Å². The summed E-state index contributed by atoms with van der Waals surface area (Å²) in [5.74, 6) is 3.68. The van der Waals surface area contributed by atoms with Crippen molar-refractivity contribution in [3.63, 3.8) is 0 Å².